The average Bonchev–Trinajstić information content (AvgIpc) is 2.17. The van der Waals surface area contributed by atoms with Gasteiger partial charge in [-0.05, 0) is 17.8 Å². The van der Waals surface area contributed by atoms with Crippen LogP contribution in [0.3, 0.4) is 0 Å². The van der Waals surface area contributed by atoms with E-state index in [1.54, 1.807) is 0 Å². The molecule has 0 nitrogen and oxygen atoms in total. The van der Waals surface area contributed by atoms with E-state index in [0.717, 1.165) is 5.92 Å². The second-order valence-corrected chi connectivity index (χ2v) is 3.41. The Morgan fingerprint density at radius 1 is 1.30 bits per heavy atom. The van der Waals surface area contributed by atoms with Gasteiger partial charge in [-0.25, -0.2) is 0 Å². The van der Waals surface area contributed by atoms with Crippen LogP contribution in [0, 0.1) is 11.3 Å². The third-order valence-electron chi connectivity index (χ3n) is 2.30. The number of allylic oxidation sites excluding steroid dienone is 2. The summed E-state index contributed by atoms with van der Waals surface area (Å²) < 4.78 is 0. The number of hydrogen-bond donors (Lipinski definition) is 0. The molecule has 0 heteroatoms. The van der Waals surface area contributed by atoms with Gasteiger partial charge in [-0.15, -0.1) is 0 Å². The predicted octanol–water partition coefficient (Wildman–Crippen LogP) is 3.63. The molecule has 0 bridgehead atoms. The summed E-state index contributed by atoms with van der Waals surface area (Å²) in [5, 5.41) is 0. The van der Waals surface area contributed by atoms with Crippen LogP contribution in [0.25, 0.3) is 0 Å². The number of hydrogen-bond acceptors (Lipinski definition) is 0. The largest absolute Gasteiger partial charge is 0.0877 e. The molecule has 1 aliphatic carbocycles. The van der Waals surface area contributed by atoms with Gasteiger partial charge in [-0.2, -0.15) is 0 Å². The van der Waals surface area contributed by atoms with Crippen molar-refractivity contribution in [3.05, 3.63) is 12.2 Å². The summed E-state index contributed by atoms with van der Waals surface area (Å²) in [5.41, 5.74) is 0.542. The van der Waals surface area contributed by atoms with E-state index in [4.69, 9.17) is 0 Å². The van der Waals surface area contributed by atoms with Gasteiger partial charge in [0.05, 0.1) is 0 Å². The minimum Gasteiger partial charge on any atom is -0.0877 e. The van der Waals surface area contributed by atoms with Crippen molar-refractivity contribution in [1.82, 2.24) is 0 Å². The maximum absolute atomic E-state index is 2.32. The Bertz CT molecular complexity index is 109. The quantitative estimate of drug-likeness (QED) is 0.451. The molecule has 1 rings (SSSR count). The molecular formula is C10H20. The molecule has 60 valence electrons. The van der Waals surface area contributed by atoms with Crippen molar-refractivity contribution < 1.29 is 0 Å². The van der Waals surface area contributed by atoms with Gasteiger partial charge in [-0.3, -0.25) is 0 Å². The van der Waals surface area contributed by atoms with Crippen LogP contribution in [0.4, 0.5) is 0 Å². The fraction of sp³-hybridized carbons (Fsp3) is 0.800. The molecule has 0 amide bonds. The van der Waals surface area contributed by atoms with E-state index in [-0.39, 0.29) is 0 Å². The highest BCUT2D eigenvalue weighted by Crippen LogP contribution is 2.36. The fourth-order valence-electron chi connectivity index (χ4n) is 1.02. The lowest BCUT2D eigenvalue weighted by Crippen LogP contribution is -2.13. The van der Waals surface area contributed by atoms with E-state index in [1.807, 2.05) is 13.8 Å². The third kappa shape index (κ3) is 2.17. The van der Waals surface area contributed by atoms with Gasteiger partial charge < -0.3 is 0 Å². The molecule has 1 aliphatic rings. The Hall–Kier alpha value is -0.260. The highest BCUT2D eigenvalue weighted by molar-refractivity contribution is 5.03. The molecule has 10 heavy (non-hydrogen) atoms. The Morgan fingerprint density at radius 3 is 1.90 bits per heavy atom. The van der Waals surface area contributed by atoms with Crippen molar-refractivity contribution in [3.8, 4) is 0 Å². The van der Waals surface area contributed by atoms with Gasteiger partial charge in [0.25, 0.3) is 0 Å². The molecule has 0 spiro atoms. The lowest BCUT2D eigenvalue weighted by Gasteiger charge is -2.22. The molecular weight excluding hydrogens is 120 g/mol. The average molecular weight is 140 g/mol. The molecule has 0 heterocycles. The molecule has 0 aromatic rings. The molecule has 0 N–H and O–H groups in total. The SMILES string of the molecule is CC.C[C@H]1C=CCC1(C)C. The van der Waals surface area contributed by atoms with E-state index < -0.39 is 0 Å². The van der Waals surface area contributed by atoms with E-state index in [9.17, 15) is 0 Å². The fourth-order valence-corrected chi connectivity index (χ4v) is 1.02. The van der Waals surface area contributed by atoms with Crippen molar-refractivity contribution in [2.45, 2.75) is 41.0 Å². The zero-order valence-electron chi connectivity index (χ0n) is 7.94. The van der Waals surface area contributed by atoms with Crippen LogP contribution in [0.1, 0.15) is 41.0 Å². The zero-order chi connectivity index (χ0) is 8.20. The molecule has 0 saturated heterocycles. The highest BCUT2D eigenvalue weighted by atomic mass is 14.3. The minimum absolute atomic E-state index is 0.542. The maximum Gasteiger partial charge on any atom is -0.0208 e. The topological polar surface area (TPSA) is 0 Å². The first-order chi connectivity index (χ1) is 4.63. The van der Waals surface area contributed by atoms with Gasteiger partial charge in [0, 0.05) is 0 Å². The van der Waals surface area contributed by atoms with Crippen molar-refractivity contribution in [1.29, 1.82) is 0 Å². The van der Waals surface area contributed by atoms with Crippen LogP contribution in [0.5, 0.6) is 0 Å². The first kappa shape index (κ1) is 9.74. The van der Waals surface area contributed by atoms with Crippen LogP contribution < -0.4 is 0 Å². The van der Waals surface area contributed by atoms with Gasteiger partial charge in [0.15, 0.2) is 0 Å². The predicted molar refractivity (Wildman–Crippen MR) is 48.1 cm³/mol. The molecule has 0 aliphatic heterocycles. The third-order valence-corrected chi connectivity index (χ3v) is 2.30. The lowest BCUT2D eigenvalue weighted by molar-refractivity contribution is 0.304. The molecule has 1 atom stereocenters. The van der Waals surface area contributed by atoms with E-state index in [0.29, 0.717) is 5.41 Å². The summed E-state index contributed by atoms with van der Waals surface area (Å²) >= 11 is 0. The van der Waals surface area contributed by atoms with Crippen LogP contribution in [0.2, 0.25) is 0 Å². The van der Waals surface area contributed by atoms with Crippen molar-refractivity contribution in [2.24, 2.45) is 11.3 Å². The van der Waals surface area contributed by atoms with Crippen molar-refractivity contribution in [3.63, 3.8) is 0 Å². The van der Waals surface area contributed by atoms with Crippen LogP contribution >= 0.6 is 0 Å². The van der Waals surface area contributed by atoms with Crippen LogP contribution in [-0.4, -0.2) is 0 Å². The molecule has 0 radical (unpaired) electrons. The Balaban J connectivity index is 0.000000371. The van der Waals surface area contributed by atoms with Crippen LogP contribution in [0.15, 0.2) is 12.2 Å². The smallest absolute Gasteiger partial charge is 0.0208 e. The second-order valence-electron chi connectivity index (χ2n) is 3.41. The summed E-state index contributed by atoms with van der Waals surface area (Å²) in [6.45, 7) is 10.9. The summed E-state index contributed by atoms with van der Waals surface area (Å²) in [6, 6.07) is 0. The lowest BCUT2D eigenvalue weighted by atomic mass is 9.83. The number of rotatable bonds is 0. The van der Waals surface area contributed by atoms with E-state index in [2.05, 4.69) is 32.9 Å². The highest BCUT2D eigenvalue weighted by Gasteiger charge is 2.25. The normalized spacial score (nSPS) is 27.5. The Morgan fingerprint density at radius 2 is 1.80 bits per heavy atom. The standard InChI is InChI=1S/C8H14.C2H6/c1-7-5-4-6-8(7,2)3;1-2/h4-5,7H,6H2,1-3H3;1-2H3/t7-;/m0./s1. The van der Waals surface area contributed by atoms with Gasteiger partial charge >= 0.3 is 0 Å². The second kappa shape index (κ2) is 3.80. The van der Waals surface area contributed by atoms with E-state index in [1.165, 1.54) is 6.42 Å². The monoisotopic (exact) mass is 140 g/mol. The van der Waals surface area contributed by atoms with Gasteiger partial charge in [0.2, 0.25) is 0 Å². The molecule has 0 saturated carbocycles. The van der Waals surface area contributed by atoms with Crippen LogP contribution in [-0.2, 0) is 0 Å². The van der Waals surface area contributed by atoms with Crippen molar-refractivity contribution >= 4 is 0 Å². The van der Waals surface area contributed by atoms with Gasteiger partial charge in [-0.1, -0.05) is 46.8 Å². The summed E-state index contributed by atoms with van der Waals surface area (Å²) in [4.78, 5) is 0. The van der Waals surface area contributed by atoms with Gasteiger partial charge in [0.1, 0.15) is 0 Å². The summed E-state index contributed by atoms with van der Waals surface area (Å²) in [6.07, 6.45) is 5.85. The molecule has 0 unspecified atom stereocenters. The molecule has 0 fully saturated rings. The first-order valence-electron chi connectivity index (χ1n) is 4.29. The van der Waals surface area contributed by atoms with E-state index >= 15 is 0 Å². The Kier molecular flexibility index (Phi) is 3.70. The molecule has 0 aromatic heterocycles. The first-order valence-corrected chi connectivity index (χ1v) is 4.29. The van der Waals surface area contributed by atoms with Crippen molar-refractivity contribution in [2.75, 3.05) is 0 Å². The minimum atomic E-state index is 0.542. The zero-order valence-corrected chi connectivity index (χ0v) is 7.94. The molecule has 0 aromatic carbocycles. The summed E-state index contributed by atoms with van der Waals surface area (Å²) in [7, 11) is 0. The summed E-state index contributed by atoms with van der Waals surface area (Å²) in [5.74, 6) is 0.780. The Labute approximate surface area is 65.3 Å². The maximum atomic E-state index is 2.32.